The molecule has 0 amide bonds. The van der Waals surface area contributed by atoms with E-state index in [0.717, 1.165) is 42.7 Å². The van der Waals surface area contributed by atoms with Gasteiger partial charge in [-0.15, -0.1) is 0 Å². The summed E-state index contributed by atoms with van der Waals surface area (Å²) in [5, 5.41) is 2.81. The molecule has 0 fully saturated rings. The topological polar surface area (TPSA) is 22.0 Å². The van der Waals surface area contributed by atoms with Crippen molar-refractivity contribution in [3.05, 3.63) is 157 Å². The maximum absolute atomic E-state index is 15.8. The number of para-hydroxylation sites is 1. The molecule has 6 aromatic rings. The Morgan fingerprint density at radius 3 is 1.72 bits per heavy atom. The van der Waals surface area contributed by atoms with E-state index in [4.69, 9.17) is 0 Å². The van der Waals surface area contributed by atoms with E-state index in [1.54, 1.807) is 0 Å². The zero-order chi connectivity index (χ0) is 26.7. The molecule has 5 aromatic carbocycles. The summed E-state index contributed by atoms with van der Waals surface area (Å²) in [6.45, 7) is 2.13. The molecule has 39 heavy (non-hydrogen) atoms. The van der Waals surface area contributed by atoms with Crippen molar-refractivity contribution in [1.82, 2.24) is 4.57 Å². The van der Waals surface area contributed by atoms with Crippen LogP contribution in [0.4, 0.5) is 0 Å². The standard InChI is InChI=1S/C35H28NOPSe/c1-27-32-24-14-15-25-33(32)36(34(26-28-16-6-2-7-17-28)39-31-22-12-5-13-23-31)35(27)38(37,29-18-8-3-9-19-29)30-20-10-4-11-21-30/h2-26H,1H3/b34-26+. The van der Waals surface area contributed by atoms with Crippen LogP contribution in [0.1, 0.15) is 11.1 Å². The monoisotopic (exact) mass is 589 g/mol. The van der Waals surface area contributed by atoms with Gasteiger partial charge in [0, 0.05) is 0 Å². The number of fused-ring (bicyclic) bond motifs is 1. The number of rotatable bonds is 7. The molecule has 0 unspecified atom stereocenters. The first-order valence-corrected chi connectivity index (χ1v) is 16.4. The molecule has 0 saturated carbocycles. The van der Waals surface area contributed by atoms with E-state index in [-0.39, 0.29) is 15.0 Å². The van der Waals surface area contributed by atoms with Gasteiger partial charge in [-0.05, 0) is 0 Å². The molecule has 0 N–H and O–H groups in total. The van der Waals surface area contributed by atoms with Gasteiger partial charge >= 0.3 is 237 Å². The van der Waals surface area contributed by atoms with Crippen LogP contribution in [-0.2, 0) is 4.57 Å². The van der Waals surface area contributed by atoms with E-state index < -0.39 is 7.14 Å². The fourth-order valence-corrected chi connectivity index (χ4v) is 10.4. The molecule has 2 nitrogen and oxygen atoms in total. The summed E-state index contributed by atoms with van der Waals surface area (Å²) in [6.07, 6.45) is 2.27. The van der Waals surface area contributed by atoms with Crippen LogP contribution in [0.5, 0.6) is 0 Å². The van der Waals surface area contributed by atoms with Crippen LogP contribution in [0.3, 0.4) is 0 Å². The molecule has 0 atom stereocenters. The van der Waals surface area contributed by atoms with Crippen molar-refractivity contribution < 1.29 is 4.57 Å². The van der Waals surface area contributed by atoms with Crippen molar-refractivity contribution in [2.24, 2.45) is 0 Å². The van der Waals surface area contributed by atoms with Gasteiger partial charge in [-0.1, -0.05) is 0 Å². The average Bonchev–Trinajstić information content (AvgIpc) is 3.31. The van der Waals surface area contributed by atoms with E-state index in [2.05, 4.69) is 96.4 Å². The Morgan fingerprint density at radius 2 is 1.13 bits per heavy atom. The molecule has 0 radical (unpaired) electrons. The van der Waals surface area contributed by atoms with Crippen LogP contribution >= 0.6 is 7.14 Å². The number of benzene rings is 5. The Hall–Kier alpha value is -3.87. The van der Waals surface area contributed by atoms with Crippen LogP contribution in [-0.4, -0.2) is 19.5 Å². The second kappa shape index (κ2) is 11.1. The molecule has 0 bridgehead atoms. The second-order valence-corrected chi connectivity index (χ2v) is 14.4. The van der Waals surface area contributed by atoms with Crippen LogP contribution in [0.15, 0.2) is 146 Å². The van der Waals surface area contributed by atoms with E-state index in [9.17, 15) is 0 Å². The zero-order valence-corrected chi connectivity index (χ0v) is 24.3. The van der Waals surface area contributed by atoms with Gasteiger partial charge in [-0.2, -0.15) is 0 Å². The summed E-state index contributed by atoms with van der Waals surface area (Å²) in [6, 6.07) is 49.5. The summed E-state index contributed by atoms with van der Waals surface area (Å²) >= 11 is -0.0434. The van der Waals surface area contributed by atoms with Gasteiger partial charge < -0.3 is 0 Å². The first-order chi connectivity index (χ1) is 19.2. The molecule has 0 saturated heterocycles. The molecular formula is C35H28NOPSe. The predicted molar refractivity (Wildman–Crippen MR) is 169 cm³/mol. The SMILES string of the molecule is Cc1c(P(=O)(c2ccccc2)c2ccccc2)n(/C(=C\c2ccccc2)[Se]c2ccccc2)c2ccccc12. The second-order valence-electron chi connectivity index (χ2n) is 9.39. The molecular weight excluding hydrogens is 560 g/mol. The van der Waals surface area contributed by atoms with Crippen molar-refractivity contribution in [2.45, 2.75) is 6.92 Å². The van der Waals surface area contributed by atoms with Gasteiger partial charge in [-0.25, -0.2) is 0 Å². The van der Waals surface area contributed by atoms with E-state index in [1.165, 1.54) is 4.46 Å². The Kier molecular flexibility index (Phi) is 7.22. The fourth-order valence-electron chi connectivity index (χ4n) is 5.10. The van der Waals surface area contributed by atoms with E-state index in [0.29, 0.717) is 0 Å². The number of nitrogens with zero attached hydrogens (tertiary/aromatic N) is 1. The van der Waals surface area contributed by atoms with Crippen molar-refractivity contribution in [3.63, 3.8) is 0 Å². The first kappa shape index (κ1) is 25.4. The molecule has 1 heterocycles. The van der Waals surface area contributed by atoms with E-state index in [1.807, 2.05) is 66.7 Å². The first-order valence-electron chi connectivity index (χ1n) is 13.0. The van der Waals surface area contributed by atoms with Crippen molar-refractivity contribution in [2.75, 3.05) is 0 Å². The molecule has 6 rings (SSSR count). The van der Waals surface area contributed by atoms with Crippen molar-refractivity contribution in [1.29, 1.82) is 0 Å². The summed E-state index contributed by atoms with van der Waals surface area (Å²) in [4.78, 5) is 0. The number of hydrogen-bond acceptors (Lipinski definition) is 1. The Morgan fingerprint density at radius 1 is 0.641 bits per heavy atom. The predicted octanol–water partition coefficient (Wildman–Crippen LogP) is 6.57. The van der Waals surface area contributed by atoms with Crippen molar-refractivity contribution in [3.8, 4) is 0 Å². The molecule has 0 aliphatic rings. The van der Waals surface area contributed by atoms with Crippen LogP contribution in [0, 0.1) is 6.92 Å². The van der Waals surface area contributed by atoms with Gasteiger partial charge in [0.1, 0.15) is 0 Å². The number of hydrogen-bond donors (Lipinski definition) is 0. The zero-order valence-electron chi connectivity index (χ0n) is 21.6. The van der Waals surface area contributed by atoms with Gasteiger partial charge in [0.25, 0.3) is 0 Å². The van der Waals surface area contributed by atoms with Crippen LogP contribution in [0.2, 0.25) is 0 Å². The summed E-state index contributed by atoms with van der Waals surface area (Å²) in [5.74, 6) is 0. The molecule has 190 valence electrons. The van der Waals surface area contributed by atoms with Gasteiger partial charge in [0.2, 0.25) is 0 Å². The van der Waals surface area contributed by atoms with Crippen LogP contribution in [0.25, 0.3) is 21.6 Å². The minimum absolute atomic E-state index is 0.0434. The number of aromatic nitrogens is 1. The molecule has 1 aromatic heterocycles. The molecule has 0 spiro atoms. The third-order valence-electron chi connectivity index (χ3n) is 6.91. The quantitative estimate of drug-likeness (QED) is 0.153. The van der Waals surface area contributed by atoms with Crippen molar-refractivity contribution >= 4 is 64.2 Å². The molecule has 0 aliphatic carbocycles. The number of aryl methyl sites for hydroxylation is 1. The van der Waals surface area contributed by atoms with Gasteiger partial charge in [0.15, 0.2) is 0 Å². The van der Waals surface area contributed by atoms with Gasteiger partial charge in [0.05, 0.1) is 0 Å². The summed E-state index contributed by atoms with van der Waals surface area (Å²) in [5.41, 5.74) is 4.14. The normalized spacial score (nSPS) is 12.1. The Bertz CT molecular complexity index is 1750. The van der Waals surface area contributed by atoms with Gasteiger partial charge in [-0.3, -0.25) is 0 Å². The maximum atomic E-state index is 15.8. The molecule has 4 heteroatoms. The fraction of sp³-hybridized carbons (Fsp3) is 0.0286. The molecule has 0 aliphatic heterocycles. The van der Waals surface area contributed by atoms with E-state index >= 15 is 4.57 Å². The average molecular weight is 589 g/mol. The van der Waals surface area contributed by atoms with Crippen LogP contribution < -0.4 is 20.5 Å². The summed E-state index contributed by atoms with van der Waals surface area (Å²) < 4.78 is 20.5. The minimum atomic E-state index is -3.26. The summed E-state index contributed by atoms with van der Waals surface area (Å²) in [7, 11) is -3.26. The third-order valence-corrected chi connectivity index (χ3v) is 12.2. The Labute approximate surface area is 236 Å². The Balaban J connectivity index is 1.72. The third kappa shape index (κ3) is 4.86.